The molecule has 2 amide bonds. The first-order valence-electron chi connectivity index (χ1n) is 8.70. The number of ether oxygens (including phenoxy) is 1. The fraction of sp³-hybridized carbons (Fsp3) is 0.526. The van der Waals surface area contributed by atoms with Gasteiger partial charge in [-0.3, -0.25) is 14.5 Å². The lowest BCUT2D eigenvalue weighted by atomic mass is 10.1. The monoisotopic (exact) mass is 377 g/mol. The summed E-state index contributed by atoms with van der Waals surface area (Å²) >= 11 is 0. The van der Waals surface area contributed by atoms with Crippen molar-refractivity contribution in [2.24, 2.45) is 0 Å². The molecule has 1 aliphatic rings. The molecule has 0 unspecified atom stereocenters. The van der Waals surface area contributed by atoms with Gasteiger partial charge in [0.15, 0.2) is 8.32 Å². The number of amides is 2. The normalized spacial score (nSPS) is 15.8. The summed E-state index contributed by atoms with van der Waals surface area (Å²) in [5.74, 6) is -1.54. The lowest BCUT2D eigenvalue weighted by molar-refractivity contribution is -0.145. The molecule has 1 heterocycles. The van der Waals surface area contributed by atoms with Crippen LogP contribution in [0.15, 0.2) is 24.3 Å². The molecule has 0 saturated heterocycles. The number of benzene rings is 1. The van der Waals surface area contributed by atoms with Gasteiger partial charge in [-0.1, -0.05) is 32.9 Å². The first-order valence-corrected chi connectivity index (χ1v) is 11.6. The number of rotatable bonds is 6. The highest BCUT2D eigenvalue weighted by Crippen LogP contribution is 2.36. The molecule has 0 radical (unpaired) electrons. The van der Waals surface area contributed by atoms with E-state index in [1.807, 2.05) is 0 Å². The molecule has 0 aliphatic carbocycles. The quantitative estimate of drug-likeness (QED) is 0.432. The Kier molecular flexibility index (Phi) is 5.72. The summed E-state index contributed by atoms with van der Waals surface area (Å²) in [4.78, 5) is 38.6. The second-order valence-electron chi connectivity index (χ2n) is 7.96. The fourth-order valence-corrected chi connectivity index (χ4v) is 3.68. The Morgan fingerprint density at radius 3 is 2.04 bits per heavy atom. The van der Waals surface area contributed by atoms with Crippen molar-refractivity contribution in [1.82, 2.24) is 4.90 Å². The van der Waals surface area contributed by atoms with E-state index in [0.717, 1.165) is 4.90 Å². The minimum atomic E-state index is -1.99. The standard InChI is InChI=1S/C19H27NO5Si/c1-19(2,3)26(5,6)25-12-11-15(18(23)24-4)20-16(21)13-9-7-8-10-14(13)17(20)22/h7-10,15H,11-12H2,1-6H3/t15-/m0/s1. The van der Waals surface area contributed by atoms with Crippen LogP contribution in [-0.2, 0) is 14.0 Å². The zero-order valence-electron chi connectivity index (χ0n) is 16.3. The number of hydrogen-bond donors (Lipinski definition) is 0. The minimum absolute atomic E-state index is 0.0310. The van der Waals surface area contributed by atoms with Crippen LogP contribution in [0, 0.1) is 0 Å². The number of carbonyl (C=O) groups excluding carboxylic acids is 3. The Balaban J connectivity index is 2.18. The van der Waals surface area contributed by atoms with Crippen molar-refractivity contribution in [2.75, 3.05) is 13.7 Å². The van der Waals surface area contributed by atoms with Crippen LogP contribution < -0.4 is 0 Å². The van der Waals surface area contributed by atoms with E-state index >= 15 is 0 Å². The molecule has 0 fully saturated rings. The molecule has 0 N–H and O–H groups in total. The molecule has 0 bridgehead atoms. The van der Waals surface area contributed by atoms with Gasteiger partial charge in [-0.2, -0.15) is 0 Å². The summed E-state index contributed by atoms with van der Waals surface area (Å²) in [7, 11) is -0.742. The first kappa shape index (κ1) is 20.3. The van der Waals surface area contributed by atoms with Crippen LogP contribution in [0.2, 0.25) is 18.1 Å². The predicted molar refractivity (Wildman–Crippen MR) is 101 cm³/mol. The number of fused-ring (bicyclic) bond motifs is 1. The highest BCUT2D eigenvalue weighted by Gasteiger charge is 2.43. The molecule has 1 aromatic carbocycles. The topological polar surface area (TPSA) is 72.9 Å². The molecular weight excluding hydrogens is 350 g/mol. The van der Waals surface area contributed by atoms with E-state index in [4.69, 9.17) is 9.16 Å². The Bertz CT molecular complexity index is 688. The molecule has 1 atom stereocenters. The van der Waals surface area contributed by atoms with Crippen LogP contribution >= 0.6 is 0 Å². The third-order valence-corrected chi connectivity index (χ3v) is 9.81. The van der Waals surface area contributed by atoms with Gasteiger partial charge in [0.05, 0.1) is 18.2 Å². The van der Waals surface area contributed by atoms with Gasteiger partial charge in [-0.15, -0.1) is 0 Å². The third kappa shape index (κ3) is 3.73. The van der Waals surface area contributed by atoms with E-state index in [1.54, 1.807) is 24.3 Å². The molecule has 1 aromatic rings. The fourth-order valence-electron chi connectivity index (χ4n) is 2.62. The smallest absolute Gasteiger partial charge is 0.329 e. The van der Waals surface area contributed by atoms with Gasteiger partial charge >= 0.3 is 5.97 Å². The van der Waals surface area contributed by atoms with Crippen molar-refractivity contribution in [3.63, 3.8) is 0 Å². The Morgan fingerprint density at radius 2 is 1.62 bits per heavy atom. The second kappa shape index (κ2) is 7.32. The zero-order chi connectivity index (χ0) is 19.7. The number of nitrogens with zero attached hydrogens (tertiary/aromatic N) is 1. The summed E-state index contributed by atoms with van der Waals surface area (Å²) in [5, 5.41) is 0.0310. The number of carbonyl (C=O) groups is 3. The summed E-state index contributed by atoms with van der Waals surface area (Å²) < 4.78 is 10.9. The van der Waals surface area contributed by atoms with E-state index in [-0.39, 0.29) is 18.1 Å². The predicted octanol–water partition coefficient (Wildman–Crippen LogP) is 3.24. The van der Waals surface area contributed by atoms with E-state index in [1.165, 1.54) is 7.11 Å². The lowest BCUT2D eigenvalue weighted by Gasteiger charge is -2.36. The number of methoxy groups -OCH3 is 1. The number of hydrogen-bond acceptors (Lipinski definition) is 5. The van der Waals surface area contributed by atoms with Gasteiger partial charge in [-0.25, -0.2) is 4.79 Å². The Hall–Kier alpha value is -1.99. The number of imide groups is 1. The average molecular weight is 378 g/mol. The molecule has 6 nitrogen and oxygen atoms in total. The minimum Gasteiger partial charge on any atom is -0.467 e. The molecule has 0 spiro atoms. The summed E-state index contributed by atoms with van der Waals surface area (Å²) in [6.45, 7) is 10.9. The van der Waals surface area contributed by atoms with Crippen molar-refractivity contribution in [3.8, 4) is 0 Å². The largest absolute Gasteiger partial charge is 0.467 e. The van der Waals surface area contributed by atoms with Crippen molar-refractivity contribution < 1.29 is 23.5 Å². The SMILES string of the molecule is COC(=O)[C@H](CCO[Si](C)(C)C(C)(C)C)N1C(=O)c2ccccc2C1=O. The van der Waals surface area contributed by atoms with E-state index < -0.39 is 32.1 Å². The Labute approximate surface area is 155 Å². The zero-order valence-corrected chi connectivity index (χ0v) is 17.3. The molecule has 2 rings (SSSR count). The highest BCUT2D eigenvalue weighted by molar-refractivity contribution is 6.74. The van der Waals surface area contributed by atoms with Crippen molar-refractivity contribution in [2.45, 2.75) is 51.4 Å². The van der Waals surface area contributed by atoms with E-state index in [0.29, 0.717) is 11.1 Å². The summed E-state index contributed by atoms with van der Waals surface area (Å²) in [6, 6.07) is 5.59. The molecule has 26 heavy (non-hydrogen) atoms. The molecule has 1 aliphatic heterocycles. The van der Waals surface area contributed by atoms with Crippen molar-refractivity contribution in [3.05, 3.63) is 35.4 Å². The van der Waals surface area contributed by atoms with Crippen LogP contribution in [0.25, 0.3) is 0 Å². The Morgan fingerprint density at radius 1 is 1.12 bits per heavy atom. The van der Waals surface area contributed by atoms with Gasteiger partial charge in [-0.05, 0) is 30.3 Å². The third-order valence-electron chi connectivity index (χ3n) is 5.27. The molecule has 142 valence electrons. The average Bonchev–Trinajstić information content (AvgIpc) is 2.82. The first-order chi connectivity index (χ1) is 12.0. The molecule has 0 saturated carbocycles. The van der Waals surface area contributed by atoms with Gasteiger partial charge in [0.25, 0.3) is 11.8 Å². The lowest BCUT2D eigenvalue weighted by Crippen LogP contribution is -2.47. The molecular formula is C19H27NO5Si. The van der Waals surface area contributed by atoms with Gasteiger partial charge in [0, 0.05) is 13.0 Å². The second-order valence-corrected chi connectivity index (χ2v) is 12.8. The summed E-state index contributed by atoms with van der Waals surface area (Å²) in [6.07, 6.45) is 0.213. The van der Waals surface area contributed by atoms with Gasteiger partial charge < -0.3 is 9.16 Å². The van der Waals surface area contributed by atoms with Crippen LogP contribution in [0.5, 0.6) is 0 Å². The maximum Gasteiger partial charge on any atom is 0.329 e. The van der Waals surface area contributed by atoms with Crippen molar-refractivity contribution >= 4 is 26.1 Å². The van der Waals surface area contributed by atoms with Crippen LogP contribution in [0.1, 0.15) is 47.9 Å². The molecule has 0 aromatic heterocycles. The maximum absolute atomic E-state index is 12.7. The summed E-state index contributed by atoms with van der Waals surface area (Å²) in [5.41, 5.74) is 0.633. The number of esters is 1. The van der Waals surface area contributed by atoms with Gasteiger partial charge in [0.2, 0.25) is 0 Å². The van der Waals surface area contributed by atoms with E-state index in [2.05, 4.69) is 33.9 Å². The maximum atomic E-state index is 12.7. The highest BCUT2D eigenvalue weighted by atomic mass is 28.4. The van der Waals surface area contributed by atoms with Crippen LogP contribution in [-0.4, -0.2) is 50.8 Å². The van der Waals surface area contributed by atoms with Gasteiger partial charge in [0.1, 0.15) is 6.04 Å². The van der Waals surface area contributed by atoms with E-state index in [9.17, 15) is 14.4 Å². The van der Waals surface area contributed by atoms with Crippen LogP contribution in [0.3, 0.4) is 0 Å². The van der Waals surface area contributed by atoms with Crippen molar-refractivity contribution in [1.29, 1.82) is 0 Å². The van der Waals surface area contributed by atoms with Crippen LogP contribution in [0.4, 0.5) is 0 Å². The molecule has 7 heteroatoms.